The van der Waals surface area contributed by atoms with E-state index in [9.17, 15) is 14.3 Å². The molecule has 1 aromatic carbocycles. The van der Waals surface area contributed by atoms with Crippen molar-refractivity contribution in [2.24, 2.45) is 5.73 Å². The average molecular weight is 224 g/mol. The van der Waals surface area contributed by atoms with Crippen molar-refractivity contribution in [3.8, 4) is 11.8 Å². The first-order valence-electron chi connectivity index (χ1n) is 4.27. The van der Waals surface area contributed by atoms with Crippen molar-refractivity contribution in [3.63, 3.8) is 0 Å². The zero-order chi connectivity index (χ0) is 12.3. The van der Waals surface area contributed by atoms with Crippen molar-refractivity contribution in [2.45, 2.75) is 6.04 Å². The van der Waals surface area contributed by atoms with Crippen molar-refractivity contribution < 1.29 is 19.0 Å². The van der Waals surface area contributed by atoms with E-state index >= 15 is 0 Å². The van der Waals surface area contributed by atoms with E-state index in [0.29, 0.717) is 0 Å². The SMILES string of the molecule is COC(=O)[C@H](N)c1cc(C#N)cc(F)c1O. The Labute approximate surface area is 90.9 Å². The molecule has 1 atom stereocenters. The van der Waals surface area contributed by atoms with Crippen LogP contribution in [0.2, 0.25) is 0 Å². The second kappa shape index (κ2) is 4.59. The van der Waals surface area contributed by atoms with Crippen molar-refractivity contribution in [3.05, 3.63) is 29.1 Å². The molecule has 16 heavy (non-hydrogen) atoms. The van der Waals surface area contributed by atoms with Crippen LogP contribution >= 0.6 is 0 Å². The number of esters is 1. The van der Waals surface area contributed by atoms with E-state index in [4.69, 9.17) is 11.0 Å². The standard InChI is InChI=1S/C10H9FN2O3/c1-16-10(15)8(13)6-2-5(4-12)3-7(11)9(6)14/h2-3,8,14H,13H2,1H3/t8-/m1/s1. The number of carbonyl (C=O) groups is 1. The summed E-state index contributed by atoms with van der Waals surface area (Å²) in [4.78, 5) is 11.1. The molecule has 0 spiro atoms. The number of methoxy groups -OCH3 is 1. The lowest BCUT2D eigenvalue weighted by Gasteiger charge is -2.12. The molecule has 0 heterocycles. The van der Waals surface area contributed by atoms with Crippen LogP contribution in [-0.4, -0.2) is 18.2 Å². The number of ether oxygens (including phenoxy) is 1. The zero-order valence-corrected chi connectivity index (χ0v) is 8.40. The number of hydrogen-bond donors (Lipinski definition) is 2. The number of rotatable bonds is 2. The monoisotopic (exact) mass is 224 g/mol. The van der Waals surface area contributed by atoms with Crippen LogP contribution in [0.15, 0.2) is 12.1 Å². The van der Waals surface area contributed by atoms with Gasteiger partial charge in [0.05, 0.1) is 18.7 Å². The van der Waals surface area contributed by atoms with Gasteiger partial charge in [0, 0.05) is 5.56 Å². The van der Waals surface area contributed by atoms with Crippen LogP contribution in [0, 0.1) is 17.1 Å². The summed E-state index contributed by atoms with van der Waals surface area (Å²) in [7, 11) is 1.11. The number of aromatic hydroxyl groups is 1. The highest BCUT2D eigenvalue weighted by atomic mass is 19.1. The van der Waals surface area contributed by atoms with Gasteiger partial charge in [-0.2, -0.15) is 5.26 Å². The fraction of sp³-hybridized carbons (Fsp3) is 0.200. The molecular formula is C10H9FN2O3. The second-order valence-electron chi connectivity index (χ2n) is 3.01. The molecule has 5 nitrogen and oxygen atoms in total. The van der Waals surface area contributed by atoms with Crippen LogP contribution in [0.5, 0.6) is 5.75 Å². The van der Waals surface area contributed by atoms with Crippen LogP contribution < -0.4 is 5.73 Å². The minimum absolute atomic E-state index is 0.0374. The zero-order valence-electron chi connectivity index (χ0n) is 8.40. The number of halogens is 1. The van der Waals surface area contributed by atoms with Gasteiger partial charge in [-0.1, -0.05) is 0 Å². The normalized spacial score (nSPS) is 11.6. The highest BCUT2D eigenvalue weighted by Gasteiger charge is 2.22. The summed E-state index contributed by atoms with van der Waals surface area (Å²) in [5.41, 5.74) is 5.22. The highest BCUT2D eigenvalue weighted by Crippen LogP contribution is 2.27. The predicted molar refractivity (Wildman–Crippen MR) is 51.7 cm³/mol. The predicted octanol–water partition coefficient (Wildman–Crippen LogP) is 0.576. The summed E-state index contributed by atoms with van der Waals surface area (Å²) >= 11 is 0. The molecule has 0 amide bonds. The maximum Gasteiger partial charge on any atom is 0.327 e. The van der Waals surface area contributed by atoms with Crippen LogP contribution in [0.1, 0.15) is 17.2 Å². The number of benzene rings is 1. The van der Waals surface area contributed by atoms with Crippen LogP contribution in [0.4, 0.5) is 4.39 Å². The third-order valence-electron chi connectivity index (χ3n) is 2.01. The molecule has 0 fully saturated rings. The summed E-state index contributed by atoms with van der Waals surface area (Å²) in [6.45, 7) is 0. The van der Waals surface area contributed by atoms with Gasteiger partial charge in [-0.3, -0.25) is 4.79 Å². The van der Waals surface area contributed by atoms with E-state index in [1.54, 1.807) is 6.07 Å². The molecule has 1 rings (SSSR count). The summed E-state index contributed by atoms with van der Waals surface area (Å²) in [6, 6.07) is 2.35. The molecule has 0 saturated carbocycles. The molecule has 0 aliphatic carbocycles. The van der Waals surface area contributed by atoms with E-state index in [1.807, 2.05) is 0 Å². The van der Waals surface area contributed by atoms with Crippen LogP contribution in [0.25, 0.3) is 0 Å². The molecule has 0 saturated heterocycles. The molecule has 0 bridgehead atoms. The van der Waals surface area contributed by atoms with E-state index in [2.05, 4.69) is 4.74 Å². The number of hydrogen-bond acceptors (Lipinski definition) is 5. The number of carbonyl (C=O) groups excluding carboxylic acids is 1. The van der Waals surface area contributed by atoms with Gasteiger partial charge < -0.3 is 15.6 Å². The van der Waals surface area contributed by atoms with Gasteiger partial charge in [-0.25, -0.2) is 4.39 Å². The molecule has 0 radical (unpaired) electrons. The third-order valence-corrected chi connectivity index (χ3v) is 2.01. The van der Waals surface area contributed by atoms with Crippen LogP contribution in [-0.2, 0) is 9.53 Å². The van der Waals surface area contributed by atoms with E-state index in [1.165, 1.54) is 0 Å². The first-order chi connectivity index (χ1) is 7.51. The summed E-state index contributed by atoms with van der Waals surface area (Å²) in [6.07, 6.45) is 0. The summed E-state index contributed by atoms with van der Waals surface area (Å²) in [5, 5.41) is 18.0. The Morgan fingerprint density at radius 3 is 2.81 bits per heavy atom. The lowest BCUT2D eigenvalue weighted by Crippen LogP contribution is -2.23. The molecule has 6 heteroatoms. The molecule has 0 unspecified atom stereocenters. The molecule has 3 N–H and O–H groups in total. The van der Waals surface area contributed by atoms with E-state index in [0.717, 1.165) is 19.2 Å². The quantitative estimate of drug-likeness (QED) is 0.716. The summed E-state index contributed by atoms with van der Waals surface area (Å²) in [5.74, 6) is -2.59. The Hall–Kier alpha value is -2.13. The topological polar surface area (TPSA) is 96.3 Å². The maximum absolute atomic E-state index is 13.1. The van der Waals surface area contributed by atoms with Crippen molar-refractivity contribution in [1.82, 2.24) is 0 Å². The Morgan fingerprint density at radius 2 is 2.31 bits per heavy atom. The van der Waals surface area contributed by atoms with E-state index < -0.39 is 23.6 Å². The number of nitriles is 1. The maximum atomic E-state index is 13.1. The molecule has 0 aliphatic heterocycles. The van der Waals surface area contributed by atoms with Crippen molar-refractivity contribution in [1.29, 1.82) is 5.26 Å². The Balaban J connectivity index is 3.28. The van der Waals surface area contributed by atoms with Gasteiger partial charge in [0.25, 0.3) is 0 Å². The third kappa shape index (κ3) is 2.10. The fourth-order valence-electron chi connectivity index (χ4n) is 1.18. The average Bonchev–Trinajstić information content (AvgIpc) is 2.30. The van der Waals surface area contributed by atoms with Gasteiger partial charge in [-0.05, 0) is 12.1 Å². The second-order valence-corrected chi connectivity index (χ2v) is 3.01. The first-order valence-corrected chi connectivity index (χ1v) is 4.27. The minimum Gasteiger partial charge on any atom is -0.505 e. The number of nitrogens with two attached hydrogens (primary N) is 1. The Kier molecular flexibility index (Phi) is 3.43. The van der Waals surface area contributed by atoms with Crippen molar-refractivity contribution in [2.75, 3.05) is 7.11 Å². The smallest absolute Gasteiger partial charge is 0.327 e. The lowest BCUT2D eigenvalue weighted by atomic mass is 10.0. The van der Waals surface area contributed by atoms with E-state index in [-0.39, 0.29) is 11.1 Å². The first kappa shape index (κ1) is 11.9. The Morgan fingerprint density at radius 1 is 1.69 bits per heavy atom. The van der Waals surface area contributed by atoms with Gasteiger partial charge in [0.2, 0.25) is 0 Å². The Bertz CT molecular complexity index is 468. The van der Waals surface area contributed by atoms with Gasteiger partial charge in [-0.15, -0.1) is 0 Å². The van der Waals surface area contributed by atoms with Gasteiger partial charge in [0.15, 0.2) is 11.6 Å². The minimum atomic E-state index is -1.33. The largest absolute Gasteiger partial charge is 0.505 e. The molecule has 0 aliphatic rings. The fourth-order valence-corrected chi connectivity index (χ4v) is 1.18. The number of phenolic OH excluding ortho intramolecular Hbond substituents is 1. The molecule has 84 valence electrons. The molecule has 0 aromatic heterocycles. The molecular weight excluding hydrogens is 215 g/mol. The highest BCUT2D eigenvalue weighted by molar-refractivity contribution is 5.78. The number of nitrogens with zero attached hydrogens (tertiary/aromatic N) is 1. The summed E-state index contributed by atoms with van der Waals surface area (Å²) < 4.78 is 17.5. The van der Waals surface area contributed by atoms with Crippen LogP contribution in [0.3, 0.4) is 0 Å². The molecule has 1 aromatic rings. The van der Waals surface area contributed by atoms with Crippen molar-refractivity contribution >= 4 is 5.97 Å². The number of phenols is 1. The van der Waals surface area contributed by atoms with Gasteiger partial charge in [0.1, 0.15) is 6.04 Å². The lowest BCUT2D eigenvalue weighted by molar-refractivity contribution is -0.142. The van der Waals surface area contributed by atoms with Gasteiger partial charge >= 0.3 is 5.97 Å².